The molecule has 0 aliphatic carbocycles. The van der Waals surface area contributed by atoms with Crippen LogP contribution in [0.25, 0.3) is 0 Å². The summed E-state index contributed by atoms with van der Waals surface area (Å²) in [6.07, 6.45) is 2.61. The molecular formula is C19H21FN4O3. The van der Waals surface area contributed by atoms with Gasteiger partial charge in [-0.05, 0) is 31.4 Å². The smallest absolute Gasteiger partial charge is 0.255 e. The van der Waals surface area contributed by atoms with E-state index < -0.39 is 17.8 Å². The Morgan fingerprint density at radius 1 is 1.04 bits per heavy atom. The summed E-state index contributed by atoms with van der Waals surface area (Å²) in [4.78, 5) is 40.4. The standard InChI is InChI=1S/C19H21FN4O3/c20-10-5-13-14(16(6-10)24-11-1-2-12(24)8-21-7-11)9-23(19(13)27)15-3-4-17(25)22-18(15)26/h5-6,11-12,15,21H,1-4,7-9H2,(H,22,25,26). The summed E-state index contributed by atoms with van der Waals surface area (Å²) in [7, 11) is 0. The highest BCUT2D eigenvalue weighted by Gasteiger charge is 2.43. The van der Waals surface area contributed by atoms with E-state index in [1.807, 2.05) is 0 Å². The number of rotatable bonds is 2. The molecule has 3 amide bonds. The molecule has 0 radical (unpaired) electrons. The van der Waals surface area contributed by atoms with E-state index in [1.165, 1.54) is 17.0 Å². The van der Waals surface area contributed by atoms with Crippen LogP contribution in [0.2, 0.25) is 0 Å². The Hall–Kier alpha value is -2.48. The van der Waals surface area contributed by atoms with Gasteiger partial charge in [0.15, 0.2) is 0 Å². The molecule has 2 N–H and O–H groups in total. The zero-order chi connectivity index (χ0) is 18.7. The van der Waals surface area contributed by atoms with E-state index in [1.54, 1.807) is 0 Å². The van der Waals surface area contributed by atoms with Gasteiger partial charge in [0.05, 0.1) is 0 Å². The number of piperidine rings is 1. The zero-order valence-corrected chi connectivity index (χ0v) is 14.8. The van der Waals surface area contributed by atoms with Crippen molar-refractivity contribution in [3.63, 3.8) is 0 Å². The summed E-state index contributed by atoms with van der Waals surface area (Å²) in [5.41, 5.74) is 1.92. The molecule has 1 aromatic rings. The van der Waals surface area contributed by atoms with Crippen molar-refractivity contribution in [2.45, 2.75) is 50.4 Å². The summed E-state index contributed by atoms with van der Waals surface area (Å²) in [5.74, 6) is -1.52. The Kier molecular flexibility index (Phi) is 3.72. The third-order valence-electron chi connectivity index (χ3n) is 6.26. The van der Waals surface area contributed by atoms with Crippen molar-refractivity contribution in [2.75, 3.05) is 18.0 Å². The number of halogens is 1. The van der Waals surface area contributed by atoms with Gasteiger partial charge in [0, 0.05) is 55.0 Å². The highest BCUT2D eigenvalue weighted by Crippen LogP contribution is 2.40. The zero-order valence-electron chi connectivity index (χ0n) is 14.8. The van der Waals surface area contributed by atoms with E-state index in [2.05, 4.69) is 15.5 Å². The maximum atomic E-state index is 14.4. The average Bonchev–Trinajstić information content (AvgIpc) is 3.08. The number of anilines is 1. The number of amides is 3. The van der Waals surface area contributed by atoms with Gasteiger partial charge in [-0.25, -0.2) is 4.39 Å². The summed E-state index contributed by atoms with van der Waals surface area (Å²) in [5, 5.41) is 5.71. The van der Waals surface area contributed by atoms with Gasteiger partial charge in [-0.1, -0.05) is 0 Å². The molecule has 3 atom stereocenters. The number of hydrogen-bond acceptors (Lipinski definition) is 5. The van der Waals surface area contributed by atoms with Crippen LogP contribution >= 0.6 is 0 Å². The molecule has 4 heterocycles. The van der Waals surface area contributed by atoms with Gasteiger partial charge in [0.25, 0.3) is 5.91 Å². The van der Waals surface area contributed by atoms with Crippen LogP contribution in [-0.4, -0.2) is 53.8 Å². The number of carbonyl (C=O) groups excluding carboxylic acids is 3. The van der Waals surface area contributed by atoms with Gasteiger partial charge in [0.2, 0.25) is 11.8 Å². The lowest BCUT2D eigenvalue weighted by molar-refractivity contribution is -0.136. The fourth-order valence-electron chi connectivity index (χ4n) is 5.01. The SMILES string of the molecule is O=C1CCC(N2Cc3c(cc(F)cc3N3C4CCC3CNC4)C2=O)C(=O)N1. The van der Waals surface area contributed by atoms with Crippen molar-refractivity contribution in [1.82, 2.24) is 15.5 Å². The molecule has 5 rings (SSSR count). The van der Waals surface area contributed by atoms with E-state index in [-0.39, 0.29) is 24.8 Å². The molecule has 142 valence electrons. The summed E-state index contributed by atoms with van der Waals surface area (Å²) in [6.45, 7) is 1.98. The third kappa shape index (κ3) is 2.54. The Bertz CT molecular complexity index is 842. The normalized spacial score (nSPS) is 30.0. The quantitative estimate of drug-likeness (QED) is 0.740. The average molecular weight is 372 g/mol. The molecule has 7 nitrogen and oxygen atoms in total. The lowest BCUT2D eigenvalue weighted by atomic mass is 10.0. The van der Waals surface area contributed by atoms with Crippen LogP contribution in [0.1, 0.15) is 41.6 Å². The molecule has 2 bridgehead atoms. The fourth-order valence-corrected chi connectivity index (χ4v) is 5.01. The van der Waals surface area contributed by atoms with Crippen molar-refractivity contribution in [3.05, 3.63) is 29.1 Å². The number of fused-ring (bicyclic) bond motifs is 3. The van der Waals surface area contributed by atoms with Crippen LogP contribution in [-0.2, 0) is 16.1 Å². The molecule has 0 aromatic heterocycles. The number of nitrogens with one attached hydrogen (secondary N) is 2. The Morgan fingerprint density at radius 2 is 1.78 bits per heavy atom. The van der Waals surface area contributed by atoms with E-state index in [4.69, 9.17) is 0 Å². The van der Waals surface area contributed by atoms with Crippen LogP contribution in [0.15, 0.2) is 12.1 Å². The maximum absolute atomic E-state index is 14.4. The molecule has 4 aliphatic rings. The molecule has 1 aromatic carbocycles. The number of imide groups is 1. The first-order valence-electron chi connectivity index (χ1n) is 9.49. The highest BCUT2D eigenvalue weighted by molar-refractivity contribution is 6.06. The summed E-state index contributed by atoms with van der Waals surface area (Å²) < 4.78 is 14.4. The molecule has 3 saturated heterocycles. The molecule has 0 spiro atoms. The Morgan fingerprint density at radius 3 is 2.48 bits per heavy atom. The van der Waals surface area contributed by atoms with E-state index >= 15 is 0 Å². The van der Waals surface area contributed by atoms with Crippen molar-refractivity contribution < 1.29 is 18.8 Å². The van der Waals surface area contributed by atoms with Gasteiger partial charge < -0.3 is 15.1 Å². The second-order valence-electron chi connectivity index (χ2n) is 7.80. The van der Waals surface area contributed by atoms with E-state index in [0.29, 0.717) is 24.1 Å². The van der Waals surface area contributed by atoms with Crippen molar-refractivity contribution >= 4 is 23.4 Å². The van der Waals surface area contributed by atoms with Crippen LogP contribution in [0.5, 0.6) is 0 Å². The highest BCUT2D eigenvalue weighted by atomic mass is 19.1. The van der Waals surface area contributed by atoms with Gasteiger partial charge in [-0.3, -0.25) is 19.7 Å². The number of hydrogen-bond donors (Lipinski definition) is 2. The monoisotopic (exact) mass is 372 g/mol. The van der Waals surface area contributed by atoms with Crippen LogP contribution in [0, 0.1) is 5.82 Å². The third-order valence-corrected chi connectivity index (χ3v) is 6.26. The minimum Gasteiger partial charge on any atom is -0.363 e. The van der Waals surface area contributed by atoms with Crippen molar-refractivity contribution in [3.8, 4) is 0 Å². The molecule has 4 aliphatic heterocycles. The summed E-state index contributed by atoms with van der Waals surface area (Å²) >= 11 is 0. The van der Waals surface area contributed by atoms with E-state index in [9.17, 15) is 18.8 Å². The topological polar surface area (TPSA) is 81.8 Å². The van der Waals surface area contributed by atoms with Crippen LogP contribution in [0.3, 0.4) is 0 Å². The van der Waals surface area contributed by atoms with Crippen LogP contribution < -0.4 is 15.5 Å². The van der Waals surface area contributed by atoms with Gasteiger partial charge in [-0.15, -0.1) is 0 Å². The summed E-state index contributed by atoms with van der Waals surface area (Å²) in [6, 6.07) is 2.72. The lowest BCUT2D eigenvalue weighted by Gasteiger charge is -2.38. The van der Waals surface area contributed by atoms with Crippen molar-refractivity contribution in [1.29, 1.82) is 0 Å². The second kappa shape index (κ2) is 6.02. The molecule has 3 unspecified atom stereocenters. The molecule has 0 saturated carbocycles. The number of piperazine rings is 1. The van der Waals surface area contributed by atoms with E-state index in [0.717, 1.165) is 37.2 Å². The fraction of sp³-hybridized carbons (Fsp3) is 0.526. The Labute approximate surface area is 155 Å². The number of nitrogens with zero attached hydrogens (tertiary/aromatic N) is 2. The second-order valence-corrected chi connectivity index (χ2v) is 7.80. The minimum absolute atomic E-state index is 0.208. The minimum atomic E-state index is -0.682. The molecule has 8 heteroatoms. The predicted octanol–water partition coefficient (Wildman–Crippen LogP) is 0.527. The first-order valence-corrected chi connectivity index (χ1v) is 9.49. The molecule has 3 fully saturated rings. The predicted molar refractivity (Wildman–Crippen MR) is 94.6 cm³/mol. The van der Waals surface area contributed by atoms with Crippen molar-refractivity contribution in [2.24, 2.45) is 0 Å². The maximum Gasteiger partial charge on any atom is 0.255 e. The van der Waals surface area contributed by atoms with Gasteiger partial charge in [0.1, 0.15) is 11.9 Å². The first kappa shape index (κ1) is 16.7. The molecular weight excluding hydrogens is 351 g/mol. The largest absolute Gasteiger partial charge is 0.363 e. The Balaban J connectivity index is 1.51. The number of carbonyl (C=O) groups is 3. The number of benzene rings is 1. The molecule has 27 heavy (non-hydrogen) atoms. The first-order chi connectivity index (χ1) is 13.0. The van der Waals surface area contributed by atoms with Gasteiger partial charge in [-0.2, -0.15) is 0 Å². The van der Waals surface area contributed by atoms with Gasteiger partial charge >= 0.3 is 0 Å². The lowest BCUT2D eigenvalue weighted by Crippen LogP contribution is -2.53. The van der Waals surface area contributed by atoms with Crippen LogP contribution in [0.4, 0.5) is 10.1 Å².